The van der Waals surface area contributed by atoms with Crippen LogP contribution < -0.4 is 20.9 Å². The minimum Gasteiger partial charge on any atom is -0.488 e. The van der Waals surface area contributed by atoms with E-state index in [1.54, 1.807) is 14.0 Å². The largest absolute Gasteiger partial charge is 0.488 e. The molecule has 0 unspecified atom stereocenters. The molecule has 0 aliphatic carbocycles. The van der Waals surface area contributed by atoms with Gasteiger partial charge in [0.05, 0.1) is 79.3 Å². The molecule has 0 spiro atoms. The molecule has 0 aliphatic heterocycles. The maximum atomic E-state index is 11.4. The fourth-order valence-corrected chi connectivity index (χ4v) is 2.19. The number of anilines is 1. The number of hydrogen-bond donors (Lipinski definition) is 1. The van der Waals surface area contributed by atoms with Crippen LogP contribution in [0.2, 0.25) is 0 Å². The van der Waals surface area contributed by atoms with Gasteiger partial charge in [-0.2, -0.15) is 0 Å². The minimum atomic E-state index is -0.579. The molecule has 10 nitrogen and oxygen atoms in total. The first-order chi connectivity index (χ1) is 14.2. The lowest BCUT2D eigenvalue weighted by Gasteiger charge is -2.13. The summed E-state index contributed by atoms with van der Waals surface area (Å²) in [5.41, 5.74) is -0.890. The second-order valence-corrected chi connectivity index (χ2v) is 5.78. The van der Waals surface area contributed by atoms with Gasteiger partial charge in [0.1, 0.15) is 5.69 Å². The summed E-state index contributed by atoms with van der Waals surface area (Å²) in [5.74, 6) is 0.113. The van der Waals surface area contributed by atoms with Gasteiger partial charge in [0, 0.05) is 13.7 Å². The van der Waals surface area contributed by atoms with E-state index in [0.717, 1.165) is 0 Å². The number of rotatable bonds is 21. The van der Waals surface area contributed by atoms with Crippen molar-refractivity contribution in [3.05, 3.63) is 20.4 Å². The van der Waals surface area contributed by atoms with Gasteiger partial charge in [-0.25, -0.2) is 0 Å². The van der Waals surface area contributed by atoms with Gasteiger partial charge in [0.25, 0.3) is 10.9 Å². The molecule has 0 fully saturated rings. The van der Waals surface area contributed by atoms with Crippen LogP contribution in [0.25, 0.3) is 0 Å². The summed E-state index contributed by atoms with van der Waals surface area (Å²) in [6.45, 7) is 7.98. The van der Waals surface area contributed by atoms with Gasteiger partial charge < -0.3 is 38.5 Å². The van der Waals surface area contributed by atoms with E-state index in [1.807, 2.05) is 0 Å². The smallest absolute Gasteiger partial charge is 0.272 e. The molecular formula is C19H33NO9. The molecule has 0 radical (unpaired) electrons. The van der Waals surface area contributed by atoms with E-state index in [1.165, 1.54) is 0 Å². The molecule has 1 N–H and O–H groups in total. The van der Waals surface area contributed by atoms with Crippen molar-refractivity contribution in [1.29, 1.82) is 0 Å². The van der Waals surface area contributed by atoms with Gasteiger partial charge in [-0.15, -0.1) is 0 Å². The predicted octanol–water partition coefficient (Wildman–Crippen LogP) is -0.177. The van der Waals surface area contributed by atoms with Crippen LogP contribution in [0, 0.1) is 0 Å². The normalized spacial score (nSPS) is 11.2. The molecule has 0 bridgehead atoms. The second kappa shape index (κ2) is 17.3. The summed E-state index contributed by atoms with van der Waals surface area (Å²) < 4.78 is 36.7. The van der Waals surface area contributed by atoms with Gasteiger partial charge in [0.15, 0.2) is 5.75 Å². The molecule has 29 heavy (non-hydrogen) atoms. The molecule has 0 saturated carbocycles. The first-order valence-corrected chi connectivity index (χ1v) is 9.80. The first kappa shape index (κ1) is 25.5. The summed E-state index contributed by atoms with van der Waals surface area (Å²) in [6, 6.07) is 0. The lowest BCUT2D eigenvalue weighted by molar-refractivity contribution is -0.0141. The van der Waals surface area contributed by atoms with Crippen molar-refractivity contribution < 1.29 is 33.2 Å². The Labute approximate surface area is 171 Å². The summed E-state index contributed by atoms with van der Waals surface area (Å²) >= 11 is 0. The van der Waals surface area contributed by atoms with Crippen LogP contribution in [0.1, 0.15) is 6.92 Å². The first-order valence-electron chi connectivity index (χ1n) is 9.80. The highest BCUT2D eigenvalue weighted by Gasteiger charge is 2.21. The van der Waals surface area contributed by atoms with E-state index in [4.69, 9.17) is 33.2 Å². The van der Waals surface area contributed by atoms with Crippen LogP contribution in [-0.2, 0) is 28.4 Å². The third kappa shape index (κ3) is 11.3. The van der Waals surface area contributed by atoms with E-state index in [0.29, 0.717) is 85.8 Å². The van der Waals surface area contributed by atoms with Gasteiger partial charge >= 0.3 is 0 Å². The molecule has 10 heteroatoms. The molecule has 1 aromatic carbocycles. The van der Waals surface area contributed by atoms with Crippen molar-refractivity contribution in [3.8, 4) is 5.75 Å². The molecule has 0 heterocycles. The molecular weight excluding hydrogens is 386 g/mol. The summed E-state index contributed by atoms with van der Waals surface area (Å²) in [4.78, 5) is 22.7. The lowest BCUT2D eigenvalue weighted by atomic mass is 10.2. The van der Waals surface area contributed by atoms with Crippen LogP contribution in [0.5, 0.6) is 5.75 Å². The molecule has 1 rings (SSSR count). The number of ether oxygens (including phenoxy) is 7. The maximum absolute atomic E-state index is 11.4. The minimum absolute atomic E-state index is 0.113. The molecule has 0 aromatic heterocycles. The fourth-order valence-electron chi connectivity index (χ4n) is 2.19. The molecule has 0 atom stereocenters. The number of methoxy groups -OCH3 is 1. The Morgan fingerprint density at radius 2 is 1.10 bits per heavy atom. The van der Waals surface area contributed by atoms with Crippen molar-refractivity contribution in [1.82, 2.24) is 0 Å². The Hall–Kier alpha value is -1.56. The lowest BCUT2D eigenvalue weighted by Crippen LogP contribution is -2.36. The summed E-state index contributed by atoms with van der Waals surface area (Å²) in [6.07, 6.45) is 0. The fraction of sp³-hybridized carbons (Fsp3) is 0.789. The molecule has 168 valence electrons. The maximum Gasteiger partial charge on any atom is 0.272 e. The Morgan fingerprint density at radius 1 is 0.655 bits per heavy atom. The zero-order valence-electron chi connectivity index (χ0n) is 17.4. The highest BCUT2D eigenvalue weighted by atomic mass is 16.6. The van der Waals surface area contributed by atoms with E-state index < -0.39 is 10.9 Å². The van der Waals surface area contributed by atoms with Gasteiger partial charge in [-0.1, -0.05) is 0 Å². The summed E-state index contributed by atoms with van der Waals surface area (Å²) in [5, 5.41) is 2.86. The topological polar surface area (TPSA) is 111 Å². The Morgan fingerprint density at radius 3 is 1.55 bits per heavy atom. The quantitative estimate of drug-likeness (QED) is 0.213. The highest BCUT2D eigenvalue weighted by Crippen LogP contribution is 2.16. The molecule has 0 amide bonds. The van der Waals surface area contributed by atoms with Crippen molar-refractivity contribution in [2.75, 3.05) is 98.3 Å². The van der Waals surface area contributed by atoms with Crippen LogP contribution >= 0.6 is 0 Å². The van der Waals surface area contributed by atoms with E-state index >= 15 is 0 Å². The van der Waals surface area contributed by atoms with E-state index in [2.05, 4.69) is 5.32 Å². The highest BCUT2D eigenvalue weighted by molar-refractivity contribution is 5.61. The van der Waals surface area contributed by atoms with Crippen LogP contribution in [0.4, 0.5) is 5.69 Å². The van der Waals surface area contributed by atoms with Crippen molar-refractivity contribution in [2.45, 2.75) is 6.92 Å². The average molecular weight is 419 g/mol. The number of hydrogen-bond acceptors (Lipinski definition) is 10. The molecule has 0 aliphatic rings. The Bertz CT molecular complexity index is 586. The third-order valence-electron chi connectivity index (χ3n) is 3.62. The van der Waals surface area contributed by atoms with Crippen molar-refractivity contribution >= 4 is 5.69 Å². The Kier molecular flexibility index (Phi) is 15.2. The zero-order chi connectivity index (χ0) is 21.2. The predicted molar refractivity (Wildman–Crippen MR) is 107 cm³/mol. The van der Waals surface area contributed by atoms with Gasteiger partial charge in [0.2, 0.25) is 0 Å². The molecule has 1 aromatic rings. The van der Waals surface area contributed by atoms with Crippen molar-refractivity contribution in [3.63, 3.8) is 0 Å². The summed E-state index contributed by atoms with van der Waals surface area (Å²) in [7, 11) is 1.63. The van der Waals surface area contributed by atoms with Crippen LogP contribution in [-0.4, -0.2) is 92.9 Å². The third-order valence-corrected chi connectivity index (χ3v) is 3.62. The SMILES string of the molecule is CCOc1c(NCCOCCOCCOCCOCCOCCOC)c(=O)c1=O. The van der Waals surface area contributed by atoms with E-state index in [-0.39, 0.29) is 11.4 Å². The molecule has 0 saturated heterocycles. The van der Waals surface area contributed by atoms with Gasteiger partial charge in [-0.05, 0) is 6.92 Å². The van der Waals surface area contributed by atoms with E-state index in [9.17, 15) is 9.59 Å². The zero-order valence-corrected chi connectivity index (χ0v) is 17.4. The van der Waals surface area contributed by atoms with Gasteiger partial charge in [-0.3, -0.25) is 9.59 Å². The number of nitrogens with one attached hydrogen (secondary N) is 1. The van der Waals surface area contributed by atoms with Crippen LogP contribution in [0.3, 0.4) is 0 Å². The van der Waals surface area contributed by atoms with Crippen LogP contribution in [0.15, 0.2) is 9.59 Å². The second-order valence-electron chi connectivity index (χ2n) is 5.78. The standard InChI is InChI=1S/C19H33NO9/c1-3-29-19-16(17(21)18(19)22)20-4-5-24-8-9-26-12-13-28-15-14-27-11-10-25-7-6-23-2/h20H,3-15H2,1-2H3. The Balaban J connectivity index is 1.80. The van der Waals surface area contributed by atoms with Crippen molar-refractivity contribution in [2.24, 2.45) is 0 Å². The monoisotopic (exact) mass is 419 g/mol. The average Bonchev–Trinajstić information content (AvgIpc) is 2.74.